The fourth-order valence-corrected chi connectivity index (χ4v) is 4.28. The van der Waals surface area contributed by atoms with Gasteiger partial charge in [-0.3, -0.25) is 0 Å². The van der Waals surface area contributed by atoms with Crippen molar-refractivity contribution in [3.05, 3.63) is 57.6 Å². The summed E-state index contributed by atoms with van der Waals surface area (Å²) in [5.74, 6) is 1.22. The first-order valence-electron chi connectivity index (χ1n) is 12.6. The first kappa shape index (κ1) is 30.7. The molecule has 0 spiro atoms. The van der Waals surface area contributed by atoms with Gasteiger partial charge in [0.15, 0.2) is 0 Å². The van der Waals surface area contributed by atoms with Crippen LogP contribution in [0.5, 0.6) is 11.5 Å². The Morgan fingerprint density at radius 1 is 0.694 bits per heavy atom. The van der Waals surface area contributed by atoms with Crippen LogP contribution in [0, 0.1) is 13.8 Å². The number of ether oxygens (including phenoxy) is 2. The average molecular weight is 542 g/mol. The van der Waals surface area contributed by atoms with E-state index in [1.807, 2.05) is 64.3 Å². The highest BCUT2D eigenvalue weighted by Gasteiger charge is 2.12. The maximum absolute atomic E-state index is 10.3. The lowest BCUT2D eigenvalue weighted by atomic mass is 10.1. The lowest BCUT2D eigenvalue weighted by Crippen LogP contribution is -2.34. The van der Waals surface area contributed by atoms with Gasteiger partial charge in [-0.1, -0.05) is 48.2 Å². The summed E-state index contributed by atoms with van der Waals surface area (Å²) in [7, 11) is 4.04. The Labute approximate surface area is 226 Å². The monoisotopic (exact) mass is 540 g/mol. The van der Waals surface area contributed by atoms with Gasteiger partial charge in [-0.2, -0.15) is 0 Å². The van der Waals surface area contributed by atoms with E-state index in [1.165, 1.54) is 0 Å². The Morgan fingerprint density at radius 3 is 1.47 bits per heavy atom. The second-order valence-electron chi connectivity index (χ2n) is 9.74. The van der Waals surface area contributed by atoms with Gasteiger partial charge < -0.3 is 29.5 Å². The molecule has 2 rings (SSSR count). The maximum Gasteiger partial charge on any atom is 0.138 e. The van der Waals surface area contributed by atoms with E-state index in [4.69, 9.17) is 32.7 Å². The SMILES string of the molecule is Cc1ccc(Cl)c(OCC(O)CN(C)CCCCCCN(C)CC(O)COc2cc(C)ccc2Cl)c1. The number of hydrogen-bond donors (Lipinski definition) is 2. The summed E-state index contributed by atoms with van der Waals surface area (Å²) >= 11 is 12.3. The summed E-state index contributed by atoms with van der Waals surface area (Å²) in [6, 6.07) is 11.2. The second-order valence-corrected chi connectivity index (χ2v) is 10.6. The van der Waals surface area contributed by atoms with Gasteiger partial charge in [0.05, 0.1) is 10.0 Å². The highest BCUT2D eigenvalue weighted by Crippen LogP contribution is 2.26. The largest absolute Gasteiger partial charge is 0.489 e. The Bertz CT molecular complexity index is 842. The quantitative estimate of drug-likeness (QED) is 0.268. The molecule has 2 atom stereocenters. The lowest BCUT2D eigenvalue weighted by Gasteiger charge is -2.22. The van der Waals surface area contributed by atoms with Gasteiger partial charge >= 0.3 is 0 Å². The van der Waals surface area contributed by atoms with E-state index in [0.29, 0.717) is 34.6 Å². The van der Waals surface area contributed by atoms with Crippen LogP contribution < -0.4 is 9.47 Å². The molecule has 0 saturated carbocycles. The van der Waals surface area contributed by atoms with Crippen molar-refractivity contribution < 1.29 is 19.7 Å². The first-order valence-corrected chi connectivity index (χ1v) is 13.4. The number of aryl methyl sites for hydroxylation is 2. The van der Waals surface area contributed by atoms with Crippen molar-refractivity contribution in [1.82, 2.24) is 9.80 Å². The van der Waals surface area contributed by atoms with Gasteiger partial charge in [-0.05, 0) is 89.3 Å². The van der Waals surface area contributed by atoms with Crippen molar-refractivity contribution in [2.24, 2.45) is 0 Å². The molecule has 0 heterocycles. The van der Waals surface area contributed by atoms with E-state index < -0.39 is 12.2 Å². The van der Waals surface area contributed by atoms with Crippen LogP contribution in [0.1, 0.15) is 36.8 Å². The van der Waals surface area contributed by atoms with Gasteiger partial charge in [-0.25, -0.2) is 0 Å². The van der Waals surface area contributed by atoms with Crippen LogP contribution in [-0.4, -0.2) is 85.7 Å². The fraction of sp³-hybridized carbons (Fsp3) is 0.571. The zero-order valence-corrected chi connectivity index (χ0v) is 23.6. The molecule has 0 aromatic heterocycles. The molecule has 202 valence electrons. The summed E-state index contributed by atoms with van der Waals surface area (Å²) < 4.78 is 11.4. The third-order valence-corrected chi connectivity index (χ3v) is 6.53. The van der Waals surface area contributed by atoms with Gasteiger partial charge in [0.25, 0.3) is 0 Å². The number of likely N-dealkylation sites (N-methyl/N-ethyl adjacent to an activating group) is 2. The minimum Gasteiger partial charge on any atom is -0.489 e. The molecule has 0 aliphatic heterocycles. The van der Waals surface area contributed by atoms with E-state index in [2.05, 4.69) is 9.80 Å². The molecule has 36 heavy (non-hydrogen) atoms. The molecule has 0 aliphatic carbocycles. The van der Waals surface area contributed by atoms with Crippen LogP contribution >= 0.6 is 23.2 Å². The van der Waals surface area contributed by atoms with E-state index in [1.54, 1.807) is 0 Å². The number of halogens is 2. The molecule has 0 radical (unpaired) electrons. The summed E-state index contributed by atoms with van der Waals surface area (Å²) in [4.78, 5) is 4.27. The van der Waals surface area contributed by atoms with Crippen molar-refractivity contribution in [1.29, 1.82) is 0 Å². The van der Waals surface area contributed by atoms with Crippen LogP contribution in [0.2, 0.25) is 10.0 Å². The van der Waals surface area contributed by atoms with Gasteiger partial charge in [0.2, 0.25) is 0 Å². The molecule has 0 bridgehead atoms. The van der Waals surface area contributed by atoms with Gasteiger partial charge in [0.1, 0.15) is 36.9 Å². The number of hydrogen-bond acceptors (Lipinski definition) is 6. The highest BCUT2D eigenvalue weighted by atomic mass is 35.5. The number of benzene rings is 2. The summed E-state index contributed by atoms with van der Waals surface area (Å²) in [6.45, 7) is 7.36. The topological polar surface area (TPSA) is 65.4 Å². The number of rotatable bonds is 17. The molecule has 8 heteroatoms. The second kappa shape index (κ2) is 16.3. The fourth-order valence-electron chi connectivity index (χ4n) is 3.94. The zero-order valence-electron chi connectivity index (χ0n) is 22.1. The van der Waals surface area contributed by atoms with Gasteiger partial charge in [0, 0.05) is 13.1 Å². The van der Waals surface area contributed by atoms with E-state index in [0.717, 1.165) is 49.9 Å². The molecule has 0 amide bonds. The van der Waals surface area contributed by atoms with Crippen molar-refractivity contribution in [3.63, 3.8) is 0 Å². The molecule has 0 aliphatic rings. The van der Waals surface area contributed by atoms with Crippen LogP contribution in [0.15, 0.2) is 36.4 Å². The third-order valence-electron chi connectivity index (χ3n) is 5.91. The van der Waals surface area contributed by atoms with Crippen LogP contribution in [0.3, 0.4) is 0 Å². The molecule has 0 saturated heterocycles. The lowest BCUT2D eigenvalue weighted by molar-refractivity contribution is 0.0747. The minimum atomic E-state index is -0.572. The van der Waals surface area contributed by atoms with Crippen LogP contribution in [-0.2, 0) is 0 Å². The minimum absolute atomic E-state index is 0.217. The molecular formula is C28H42Cl2N2O4. The average Bonchev–Trinajstić information content (AvgIpc) is 2.82. The summed E-state index contributed by atoms with van der Waals surface area (Å²) in [6.07, 6.45) is 3.26. The Balaban J connectivity index is 1.51. The predicted molar refractivity (Wildman–Crippen MR) is 149 cm³/mol. The molecular weight excluding hydrogens is 499 g/mol. The van der Waals surface area contributed by atoms with Crippen molar-refractivity contribution in [2.45, 2.75) is 51.7 Å². The molecule has 2 N–H and O–H groups in total. The Morgan fingerprint density at radius 2 is 1.08 bits per heavy atom. The first-order chi connectivity index (χ1) is 17.1. The molecule has 0 fully saturated rings. The smallest absolute Gasteiger partial charge is 0.138 e. The maximum atomic E-state index is 10.3. The number of aliphatic hydroxyl groups excluding tert-OH is 2. The zero-order chi connectivity index (χ0) is 26.5. The number of nitrogens with zero attached hydrogens (tertiary/aromatic N) is 2. The van der Waals surface area contributed by atoms with E-state index >= 15 is 0 Å². The molecule has 6 nitrogen and oxygen atoms in total. The standard InChI is InChI=1S/C28H42Cl2N2O4/c1-21-9-11-25(29)27(15-21)35-19-23(33)17-31(3)13-7-5-6-8-14-32(4)18-24(34)20-36-28-16-22(2)10-12-26(28)30/h9-12,15-16,23-24,33-34H,5-8,13-14,17-20H2,1-4H3. The summed E-state index contributed by atoms with van der Waals surface area (Å²) in [5, 5.41) is 21.7. The van der Waals surface area contributed by atoms with Crippen molar-refractivity contribution >= 4 is 23.2 Å². The number of aliphatic hydroxyl groups is 2. The third kappa shape index (κ3) is 12.1. The normalized spacial score (nSPS) is 13.3. The number of unbranched alkanes of at least 4 members (excludes halogenated alkanes) is 3. The Kier molecular flexibility index (Phi) is 13.9. The van der Waals surface area contributed by atoms with E-state index in [-0.39, 0.29) is 13.2 Å². The van der Waals surface area contributed by atoms with Crippen molar-refractivity contribution in [2.75, 3.05) is 53.5 Å². The van der Waals surface area contributed by atoms with Crippen LogP contribution in [0.4, 0.5) is 0 Å². The van der Waals surface area contributed by atoms with Gasteiger partial charge in [-0.15, -0.1) is 0 Å². The van der Waals surface area contributed by atoms with Crippen LogP contribution in [0.25, 0.3) is 0 Å². The summed E-state index contributed by atoms with van der Waals surface area (Å²) in [5.41, 5.74) is 2.14. The Hall–Kier alpha value is -1.54. The van der Waals surface area contributed by atoms with Crippen molar-refractivity contribution in [3.8, 4) is 11.5 Å². The van der Waals surface area contributed by atoms with E-state index in [9.17, 15) is 10.2 Å². The molecule has 2 aromatic rings. The molecule has 2 unspecified atom stereocenters. The predicted octanol–water partition coefficient (Wildman–Crippen LogP) is 5.21. The molecule has 2 aromatic carbocycles. The highest BCUT2D eigenvalue weighted by molar-refractivity contribution is 6.32.